The van der Waals surface area contributed by atoms with Gasteiger partial charge in [0.1, 0.15) is 24.8 Å². The van der Waals surface area contributed by atoms with Crippen LogP contribution < -0.4 is 9.13 Å². The minimum Gasteiger partial charge on any atom is 2.00 e. The fourth-order valence-corrected chi connectivity index (χ4v) is 3.31. The minimum absolute atomic E-state index is 0. The Hall–Kier alpha value is -2.36. The van der Waals surface area contributed by atoms with Crippen molar-refractivity contribution in [2.24, 2.45) is 24.1 Å². The van der Waals surface area contributed by atoms with Crippen molar-refractivity contribution in [1.29, 1.82) is 0 Å². The summed E-state index contributed by atoms with van der Waals surface area (Å²) in [6.45, 7) is 7.79. The van der Waals surface area contributed by atoms with Crippen LogP contribution in [0.25, 0.3) is 0 Å². The van der Waals surface area contributed by atoms with Crippen LogP contribution in [0.2, 0.25) is 0 Å². The summed E-state index contributed by atoms with van der Waals surface area (Å²) in [7, 11) is -17.5. The van der Waals surface area contributed by atoms with E-state index in [9.17, 15) is 60.0 Å². The number of Topliss-reactive ketones (excluding diaryl/α,β-unsaturated/α-hetero) is 2. The summed E-state index contributed by atoms with van der Waals surface area (Å²) in [6, 6.07) is -0.813. The van der Waals surface area contributed by atoms with Gasteiger partial charge in [0.2, 0.25) is 12.7 Å². The summed E-state index contributed by atoms with van der Waals surface area (Å²) in [5, 5.41) is 0. The molecular formula is C20H30CuF12N6O2P2+2. The molecule has 0 saturated carbocycles. The molecule has 0 N–H and O–H groups in total. The van der Waals surface area contributed by atoms with Crippen molar-refractivity contribution >= 4 is 38.6 Å². The van der Waals surface area contributed by atoms with E-state index in [0.717, 1.165) is 11.4 Å². The third-order valence-electron chi connectivity index (χ3n) is 4.56. The number of aromatic nitrogens is 4. The fraction of sp³-hybridized carbons (Fsp3) is 0.500. The second-order valence-electron chi connectivity index (χ2n) is 9.04. The molecule has 43 heavy (non-hydrogen) atoms. The maximum atomic E-state index is 12.1. The van der Waals surface area contributed by atoms with E-state index >= 15 is 0 Å². The Balaban J connectivity index is 0. The van der Waals surface area contributed by atoms with Crippen LogP contribution in [-0.2, 0) is 40.8 Å². The molecule has 2 atom stereocenters. The predicted octanol–water partition coefficient (Wildman–Crippen LogP) is 7.58. The summed E-state index contributed by atoms with van der Waals surface area (Å²) in [4.78, 5) is 33.3. The number of hydrogen-bond donors (Lipinski definition) is 0. The maximum absolute atomic E-state index is 12.1. The minimum atomic E-state index is -10.7. The van der Waals surface area contributed by atoms with Crippen LogP contribution in [0.3, 0.4) is 0 Å². The molecule has 0 amide bonds. The van der Waals surface area contributed by atoms with Crippen molar-refractivity contribution in [2.75, 3.05) is 13.1 Å². The molecule has 1 radical (unpaired) electrons. The Morgan fingerprint density at radius 2 is 0.860 bits per heavy atom. The van der Waals surface area contributed by atoms with E-state index in [-0.39, 0.29) is 28.6 Å². The van der Waals surface area contributed by atoms with E-state index in [2.05, 4.69) is 9.98 Å². The van der Waals surface area contributed by atoms with Crippen LogP contribution in [0.15, 0.2) is 47.4 Å². The van der Waals surface area contributed by atoms with Crippen LogP contribution in [0, 0.1) is 0 Å². The molecule has 0 aliphatic carbocycles. The van der Waals surface area contributed by atoms with Gasteiger partial charge < -0.3 is 0 Å². The molecule has 2 heterocycles. The maximum Gasteiger partial charge on any atom is 2.00 e. The summed E-state index contributed by atoms with van der Waals surface area (Å²) in [5.74, 6) is 0.0727. The number of carbonyl (C=O) groups is 2. The fourth-order valence-electron chi connectivity index (χ4n) is 3.31. The molecule has 0 aromatic carbocycles. The Bertz CT molecular complexity index is 1210. The average molecular weight is 740 g/mol. The van der Waals surface area contributed by atoms with Crippen molar-refractivity contribution in [1.82, 2.24) is 9.13 Å². The first-order valence-corrected chi connectivity index (χ1v) is 15.4. The Morgan fingerprint density at radius 3 is 1.02 bits per heavy atom. The van der Waals surface area contributed by atoms with Crippen LogP contribution in [0.5, 0.6) is 0 Å². The van der Waals surface area contributed by atoms with Gasteiger partial charge in [0.25, 0.3) is 0 Å². The number of rotatable bonds is 9. The van der Waals surface area contributed by atoms with Crippen molar-refractivity contribution in [3.05, 3.63) is 37.4 Å². The first-order valence-electron chi connectivity index (χ1n) is 11.3. The monoisotopic (exact) mass is 739 g/mol. The molecule has 2 unspecified atom stereocenters. The van der Waals surface area contributed by atoms with E-state index < -0.39 is 27.7 Å². The Kier molecular flexibility index (Phi) is 12.9. The zero-order valence-corrected chi connectivity index (χ0v) is 26.0. The smallest absolute Gasteiger partial charge is 2.00 e. The predicted molar refractivity (Wildman–Crippen MR) is 134 cm³/mol. The topological polar surface area (TPSA) is 76.5 Å². The zero-order valence-electron chi connectivity index (χ0n) is 23.3. The number of aryl methyl sites for hydroxylation is 2. The summed E-state index contributed by atoms with van der Waals surface area (Å²) in [5.41, 5.74) is 1.49. The molecule has 0 fully saturated rings. The zero-order chi connectivity index (χ0) is 33.7. The van der Waals surface area contributed by atoms with Crippen LogP contribution in [-0.4, -0.2) is 45.2 Å². The van der Waals surface area contributed by atoms with E-state index in [1.54, 1.807) is 13.8 Å². The Labute approximate surface area is 248 Å². The number of carbonyl (C=O) groups excluding carboxylic acids is 2. The number of halogens is 12. The Morgan fingerprint density at radius 1 is 0.628 bits per heavy atom. The average Bonchev–Trinajstić information content (AvgIpc) is 3.28. The molecule has 2 aromatic rings. The standard InChI is InChI=1S/C20H30N6O2.Cu.2F6P/c1-15(19(17(3)27)25-11-9-23(5)13-25)21-7-8-22-16(2)20(18(4)28)26-12-10-24(6)14-26;;2*1-7(2,3,4,5)6/h9-14,19-20H,7-8H2,1-6H3;;;/q2*+2;2*-1. The largest absolute Gasteiger partial charge is 2.00 e. The molecular weight excluding hydrogens is 710 g/mol. The first-order chi connectivity index (χ1) is 18.1. The molecule has 0 bridgehead atoms. The van der Waals surface area contributed by atoms with Gasteiger partial charge in [0.15, 0.2) is 23.7 Å². The summed E-state index contributed by atoms with van der Waals surface area (Å²) >= 11 is 0. The van der Waals surface area contributed by atoms with Gasteiger partial charge in [-0.25, -0.2) is 18.3 Å². The quantitative estimate of drug-likeness (QED) is 0.0665. The van der Waals surface area contributed by atoms with E-state index in [0.29, 0.717) is 13.1 Å². The molecule has 0 saturated heterocycles. The summed E-state index contributed by atoms with van der Waals surface area (Å²) in [6.07, 6.45) is 11.2. The van der Waals surface area contributed by atoms with Gasteiger partial charge in [-0.1, -0.05) is 0 Å². The second kappa shape index (κ2) is 12.9. The van der Waals surface area contributed by atoms with Gasteiger partial charge in [-0.3, -0.25) is 19.6 Å². The van der Waals surface area contributed by atoms with Crippen molar-refractivity contribution in [3.63, 3.8) is 0 Å². The molecule has 0 aliphatic heterocycles. The number of imidazole rings is 2. The number of aliphatic imine (C=N–C) groups is 2. The van der Waals surface area contributed by atoms with E-state index in [1.165, 1.54) is 0 Å². The van der Waals surface area contributed by atoms with Crippen LogP contribution >= 0.6 is 15.6 Å². The number of ketones is 2. The normalized spacial score (nSPS) is 17.2. The summed E-state index contributed by atoms with van der Waals surface area (Å²) < 4.78 is 126. The van der Waals surface area contributed by atoms with Gasteiger partial charge >= 0.3 is 83.0 Å². The first kappa shape index (κ1) is 42.8. The molecule has 255 valence electrons. The van der Waals surface area contributed by atoms with E-state index in [1.807, 2.05) is 83.7 Å². The molecule has 0 spiro atoms. The molecule has 2 rings (SSSR count). The van der Waals surface area contributed by atoms with E-state index in [4.69, 9.17) is 0 Å². The van der Waals surface area contributed by atoms with Crippen molar-refractivity contribution in [3.8, 4) is 0 Å². The third kappa shape index (κ3) is 25.8. The third-order valence-corrected chi connectivity index (χ3v) is 4.56. The second-order valence-corrected chi connectivity index (χ2v) is 12.9. The number of hydrogen-bond acceptors (Lipinski definition) is 4. The SMILES string of the molecule is CC(=O)C(C(C)=NCCN=C(C)C(C(C)=O)n1cc[n+](C)c1)n1cc[n+](C)c1.F[P-](F)(F)(F)(F)F.F[P-](F)(F)(F)(F)F.[Cu+2]. The van der Waals surface area contributed by atoms with Crippen LogP contribution in [0.4, 0.5) is 50.4 Å². The van der Waals surface area contributed by atoms with Crippen LogP contribution in [0.1, 0.15) is 39.8 Å². The van der Waals surface area contributed by atoms with Crippen molar-refractivity contribution in [2.45, 2.75) is 39.8 Å². The molecule has 2 aromatic heterocycles. The van der Waals surface area contributed by atoms with Gasteiger partial charge in [-0.15, -0.1) is 0 Å². The number of nitrogens with zero attached hydrogens (tertiary/aromatic N) is 6. The van der Waals surface area contributed by atoms with Gasteiger partial charge in [0.05, 0.1) is 38.6 Å². The molecule has 0 aliphatic rings. The molecule has 23 heteroatoms. The molecule has 8 nitrogen and oxygen atoms in total. The van der Waals surface area contributed by atoms with Gasteiger partial charge in [-0.2, -0.15) is 0 Å². The van der Waals surface area contributed by atoms with Crippen molar-refractivity contribution < 1.29 is 86.2 Å². The van der Waals surface area contributed by atoms with Gasteiger partial charge in [0, 0.05) is 0 Å². The van der Waals surface area contributed by atoms with Gasteiger partial charge in [-0.05, 0) is 27.7 Å².